The molecule has 1 aromatic heterocycles. The standard InChI is InChI=1S/C14H16F3N3O2S/c1-10(11-3-4-11)20(8-2-7-18)23(21,22)12-5-6-13(19-9-12)14(15,16)17/h5-6,9-11H,2-4,8H2,1H3/t10-/m0/s1. The van der Waals surface area contributed by atoms with Gasteiger partial charge < -0.3 is 0 Å². The molecule has 0 unspecified atom stereocenters. The molecule has 1 saturated carbocycles. The summed E-state index contributed by atoms with van der Waals surface area (Å²) >= 11 is 0. The Morgan fingerprint density at radius 3 is 2.52 bits per heavy atom. The summed E-state index contributed by atoms with van der Waals surface area (Å²) in [5.41, 5.74) is -1.14. The first-order valence-corrected chi connectivity index (χ1v) is 8.54. The number of hydrogen-bond acceptors (Lipinski definition) is 4. The number of alkyl halides is 3. The van der Waals surface area contributed by atoms with E-state index in [1.54, 1.807) is 6.92 Å². The number of pyridine rings is 1. The van der Waals surface area contributed by atoms with E-state index in [1.807, 2.05) is 6.07 Å². The number of hydrogen-bond donors (Lipinski definition) is 0. The van der Waals surface area contributed by atoms with Crippen LogP contribution in [0.2, 0.25) is 0 Å². The Hall–Kier alpha value is -1.66. The van der Waals surface area contributed by atoms with Crippen LogP contribution < -0.4 is 0 Å². The second-order valence-corrected chi connectivity index (χ2v) is 7.37. The van der Waals surface area contributed by atoms with Crippen LogP contribution in [0.25, 0.3) is 0 Å². The lowest BCUT2D eigenvalue weighted by Crippen LogP contribution is -2.40. The molecule has 23 heavy (non-hydrogen) atoms. The van der Waals surface area contributed by atoms with Crippen molar-refractivity contribution in [3.63, 3.8) is 0 Å². The Labute approximate surface area is 132 Å². The molecule has 0 saturated heterocycles. The van der Waals surface area contributed by atoms with Gasteiger partial charge in [-0.15, -0.1) is 0 Å². The fraction of sp³-hybridized carbons (Fsp3) is 0.571. The lowest BCUT2D eigenvalue weighted by molar-refractivity contribution is -0.141. The molecule has 0 radical (unpaired) electrons. The third-order valence-corrected chi connectivity index (χ3v) is 5.81. The maximum absolute atomic E-state index is 12.7. The van der Waals surface area contributed by atoms with Gasteiger partial charge in [0.05, 0.1) is 6.07 Å². The normalized spacial score (nSPS) is 17.0. The van der Waals surface area contributed by atoms with Gasteiger partial charge in [0.1, 0.15) is 10.6 Å². The topological polar surface area (TPSA) is 74.1 Å². The molecule has 2 rings (SSSR count). The Kier molecular flexibility index (Phi) is 4.96. The Morgan fingerprint density at radius 1 is 1.43 bits per heavy atom. The van der Waals surface area contributed by atoms with E-state index < -0.39 is 21.9 Å². The fourth-order valence-corrected chi connectivity index (χ4v) is 3.99. The first-order chi connectivity index (χ1) is 10.7. The molecule has 0 aliphatic heterocycles. The summed E-state index contributed by atoms with van der Waals surface area (Å²) in [5, 5.41) is 8.70. The molecule has 1 aliphatic rings. The van der Waals surface area contributed by atoms with Gasteiger partial charge in [0.25, 0.3) is 0 Å². The lowest BCUT2D eigenvalue weighted by atomic mass is 10.2. The summed E-state index contributed by atoms with van der Waals surface area (Å²) in [6, 6.07) is 3.16. The fourth-order valence-electron chi connectivity index (χ4n) is 2.35. The van der Waals surface area contributed by atoms with E-state index in [9.17, 15) is 21.6 Å². The minimum atomic E-state index is -4.62. The van der Waals surface area contributed by atoms with Crippen molar-refractivity contribution in [2.24, 2.45) is 5.92 Å². The third-order valence-electron chi connectivity index (χ3n) is 3.84. The second kappa shape index (κ2) is 6.45. The molecule has 1 heterocycles. The predicted octanol–water partition coefficient (Wildman–Crippen LogP) is 2.80. The highest BCUT2D eigenvalue weighted by atomic mass is 32.2. The molecule has 5 nitrogen and oxygen atoms in total. The van der Waals surface area contributed by atoms with Gasteiger partial charge in [0.15, 0.2) is 0 Å². The molecule has 1 atom stereocenters. The van der Waals surface area contributed by atoms with Crippen LogP contribution in [0.1, 0.15) is 31.9 Å². The molecule has 9 heteroatoms. The molecule has 126 valence electrons. The van der Waals surface area contributed by atoms with Crippen LogP contribution in [0.4, 0.5) is 13.2 Å². The van der Waals surface area contributed by atoms with Crippen LogP contribution in [-0.2, 0) is 16.2 Å². The minimum Gasteiger partial charge on any atom is -0.250 e. The van der Waals surface area contributed by atoms with Crippen molar-refractivity contribution >= 4 is 10.0 Å². The van der Waals surface area contributed by atoms with Crippen LogP contribution in [0.3, 0.4) is 0 Å². The molecule has 1 aliphatic carbocycles. The Balaban J connectivity index is 2.31. The van der Waals surface area contributed by atoms with E-state index in [1.165, 1.54) is 4.31 Å². The summed E-state index contributed by atoms with van der Waals surface area (Å²) in [5.74, 6) is 0.228. The molecule has 0 spiro atoms. The summed E-state index contributed by atoms with van der Waals surface area (Å²) in [6.45, 7) is 1.77. The predicted molar refractivity (Wildman–Crippen MR) is 75.5 cm³/mol. The summed E-state index contributed by atoms with van der Waals surface area (Å²) < 4.78 is 64.1. The number of rotatable bonds is 6. The number of nitrogens with zero attached hydrogens (tertiary/aromatic N) is 3. The molecule has 1 fully saturated rings. The Morgan fingerprint density at radius 2 is 2.09 bits per heavy atom. The first kappa shape index (κ1) is 17.7. The average Bonchev–Trinajstić information content (AvgIpc) is 3.31. The summed E-state index contributed by atoms with van der Waals surface area (Å²) in [6.07, 6.45) is -2.07. The van der Waals surface area contributed by atoms with E-state index in [-0.39, 0.29) is 29.8 Å². The summed E-state index contributed by atoms with van der Waals surface area (Å²) in [4.78, 5) is 2.91. The summed E-state index contributed by atoms with van der Waals surface area (Å²) in [7, 11) is -3.99. The van der Waals surface area contributed by atoms with Crippen LogP contribution in [0.5, 0.6) is 0 Å². The third kappa shape index (κ3) is 4.00. The maximum atomic E-state index is 12.7. The van der Waals surface area contributed by atoms with Crippen molar-refractivity contribution in [2.45, 2.75) is 43.3 Å². The number of halogens is 3. The second-order valence-electron chi connectivity index (χ2n) is 5.48. The van der Waals surface area contributed by atoms with Gasteiger partial charge >= 0.3 is 6.18 Å². The van der Waals surface area contributed by atoms with Crippen molar-refractivity contribution in [3.8, 4) is 6.07 Å². The van der Waals surface area contributed by atoms with Gasteiger partial charge in [-0.3, -0.25) is 4.98 Å². The smallest absolute Gasteiger partial charge is 0.250 e. The zero-order chi connectivity index (χ0) is 17.3. The van der Waals surface area contributed by atoms with E-state index in [4.69, 9.17) is 5.26 Å². The van der Waals surface area contributed by atoms with Gasteiger partial charge in [0.2, 0.25) is 10.0 Å². The number of aromatic nitrogens is 1. The van der Waals surface area contributed by atoms with Crippen molar-refractivity contribution in [2.75, 3.05) is 6.54 Å². The largest absolute Gasteiger partial charge is 0.433 e. The molecular formula is C14H16F3N3O2S. The quantitative estimate of drug-likeness (QED) is 0.793. The van der Waals surface area contributed by atoms with Gasteiger partial charge in [-0.1, -0.05) is 0 Å². The molecular weight excluding hydrogens is 331 g/mol. The minimum absolute atomic E-state index is 0.0114. The van der Waals surface area contributed by atoms with E-state index in [2.05, 4.69) is 4.98 Å². The number of nitriles is 1. The SMILES string of the molecule is C[C@@H](C1CC1)N(CCC#N)S(=O)(=O)c1ccc(C(F)(F)F)nc1. The van der Waals surface area contributed by atoms with Gasteiger partial charge in [-0.25, -0.2) is 8.42 Å². The van der Waals surface area contributed by atoms with Gasteiger partial charge in [0, 0.05) is 25.2 Å². The zero-order valence-corrected chi connectivity index (χ0v) is 13.2. The van der Waals surface area contributed by atoms with Crippen molar-refractivity contribution < 1.29 is 21.6 Å². The molecule has 0 amide bonds. The van der Waals surface area contributed by atoms with Crippen molar-refractivity contribution in [3.05, 3.63) is 24.0 Å². The van der Waals surface area contributed by atoms with Crippen molar-refractivity contribution in [1.82, 2.24) is 9.29 Å². The van der Waals surface area contributed by atoms with Gasteiger partial charge in [-0.05, 0) is 37.8 Å². The van der Waals surface area contributed by atoms with E-state index >= 15 is 0 Å². The van der Waals surface area contributed by atoms with Crippen LogP contribution in [0.15, 0.2) is 23.2 Å². The number of sulfonamides is 1. The highest BCUT2D eigenvalue weighted by Gasteiger charge is 2.39. The highest BCUT2D eigenvalue weighted by Crippen LogP contribution is 2.37. The van der Waals surface area contributed by atoms with E-state index in [0.717, 1.165) is 25.1 Å². The maximum Gasteiger partial charge on any atom is 0.433 e. The van der Waals surface area contributed by atoms with Crippen LogP contribution in [-0.4, -0.2) is 30.3 Å². The Bertz CT molecular complexity index is 691. The first-order valence-electron chi connectivity index (χ1n) is 7.10. The van der Waals surface area contributed by atoms with Crippen molar-refractivity contribution in [1.29, 1.82) is 5.26 Å². The lowest BCUT2D eigenvalue weighted by Gasteiger charge is -2.27. The van der Waals surface area contributed by atoms with Gasteiger partial charge in [-0.2, -0.15) is 22.7 Å². The average molecular weight is 347 g/mol. The monoisotopic (exact) mass is 347 g/mol. The molecule has 0 aromatic carbocycles. The molecule has 0 bridgehead atoms. The van der Waals surface area contributed by atoms with Crippen LogP contribution in [0, 0.1) is 17.2 Å². The van der Waals surface area contributed by atoms with E-state index in [0.29, 0.717) is 6.07 Å². The highest BCUT2D eigenvalue weighted by molar-refractivity contribution is 7.89. The molecule has 1 aromatic rings. The van der Waals surface area contributed by atoms with Crippen LogP contribution >= 0.6 is 0 Å². The molecule has 0 N–H and O–H groups in total. The zero-order valence-electron chi connectivity index (χ0n) is 12.4.